The molecule has 0 spiro atoms. The van der Waals surface area contributed by atoms with Crippen LogP contribution in [0, 0.1) is 5.82 Å². The summed E-state index contributed by atoms with van der Waals surface area (Å²) < 4.78 is 50.5. The highest BCUT2D eigenvalue weighted by molar-refractivity contribution is 5.93. The molecule has 1 rings (SSSR count). The molecule has 1 aromatic rings. The third-order valence-corrected chi connectivity index (χ3v) is 2.45. The summed E-state index contributed by atoms with van der Waals surface area (Å²) in [5.74, 6) is -1.62. The van der Waals surface area contributed by atoms with Crippen LogP contribution in [0.2, 0.25) is 0 Å². The maximum absolute atomic E-state index is 13.8. The standard InChI is InChI=1S/C13H14F4N2O/c1-2-19-11(5-6-13(15,16)17)9-4-3-8(12(18)20)7-10(9)14/h3-5,7,19H,2,6H2,1H3,(H2,18,20)/b11-5-. The van der Waals surface area contributed by atoms with Crippen LogP contribution in [0.1, 0.15) is 29.3 Å². The predicted molar refractivity (Wildman–Crippen MR) is 67.2 cm³/mol. The molecule has 0 aliphatic rings. The molecular weight excluding hydrogens is 276 g/mol. The van der Waals surface area contributed by atoms with Crippen molar-refractivity contribution in [1.29, 1.82) is 0 Å². The van der Waals surface area contributed by atoms with Gasteiger partial charge in [-0.1, -0.05) is 6.08 Å². The summed E-state index contributed by atoms with van der Waals surface area (Å²) >= 11 is 0. The summed E-state index contributed by atoms with van der Waals surface area (Å²) in [6.07, 6.45) is -4.68. The Kier molecular flexibility index (Phi) is 5.12. The quantitative estimate of drug-likeness (QED) is 0.819. The second-order valence-electron chi connectivity index (χ2n) is 4.03. The summed E-state index contributed by atoms with van der Waals surface area (Å²) in [7, 11) is 0. The Balaban J connectivity index is 3.12. The Hall–Kier alpha value is -2.05. The van der Waals surface area contributed by atoms with Gasteiger partial charge in [0.05, 0.1) is 6.42 Å². The van der Waals surface area contributed by atoms with E-state index < -0.39 is 24.3 Å². The van der Waals surface area contributed by atoms with Gasteiger partial charge in [-0.25, -0.2) is 4.39 Å². The third kappa shape index (κ3) is 4.56. The molecule has 3 N–H and O–H groups in total. The zero-order chi connectivity index (χ0) is 15.3. The van der Waals surface area contributed by atoms with E-state index in [2.05, 4.69) is 5.32 Å². The molecule has 0 heterocycles. The molecule has 0 fully saturated rings. The van der Waals surface area contributed by atoms with E-state index in [0.717, 1.165) is 12.1 Å². The first-order chi connectivity index (χ1) is 9.24. The van der Waals surface area contributed by atoms with Crippen molar-refractivity contribution in [2.75, 3.05) is 6.54 Å². The van der Waals surface area contributed by atoms with Crippen LogP contribution in [-0.4, -0.2) is 18.6 Å². The molecule has 0 aliphatic heterocycles. The number of carbonyl (C=O) groups is 1. The number of primary amides is 1. The van der Waals surface area contributed by atoms with Gasteiger partial charge in [0.15, 0.2) is 0 Å². The van der Waals surface area contributed by atoms with Crippen LogP contribution in [0.4, 0.5) is 17.6 Å². The average Bonchev–Trinajstić information content (AvgIpc) is 2.33. The normalized spacial score (nSPS) is 12.3. The first-order valence-corrected chi connectivity index (χ1v) is 5.85. The third-order valence-electron chi connectivity index (χ3n) is 2.45. The molecular formula is C13H14F4N2O. The number of alkyl halides is 3. The Morgan fingerprint density at radius 2 is 2.05 bits per heavy atom. The molecule has 0 unspecified atom stereocenters. The number of hydrogen-bond donors (Lipinski definition) is 2. The van der Waals surface area contributed by atoms with Gasteiger partial charge < -0.3 is 11.1 Å². The second-order valence-corrected chi connectivity index (χ2v) is 4.03. The molecule has 0 aliphatic carbocycles. The lowest BCUT2D eigenvalue weighted by molar-refractivity contribution is -0.124. The van der Waals surface area contributed by atoms with Crippen LogP contribution in [0.3, 0.4) is 0 Å². The van der Waals surface area contributed by atoms with Crippen molar-refractivity contribution in [1.82, 2.24) is 5.32 Å². The molecule has 7 heteroatoms. The van der Waals surface area contributed by atoms with Gasteiger partial charge in [-0.3, -0.25) is 4.79 Å². The summed E-state index contributed by atoms with van der Waals surface area (Å²) in [6, 6.07) is 3.39. The van der Waals surface area contributed by atoms with Gasteiger partial charge in [-0.05, 0) is 25.1 Å². The van der Waals surface area contributed by atoms with Crippen molar-refractivity contribution >= 4 is 11.6 Å². The van der Waals surface area contributed by atoms with Crippen molar-refractivity contribution in [2.24, 2.45) is 5.73 Å². The maximum Gasteiger partial charge on any atom is 0.392 e. The lowest BCUT2D eigenvalue weighted by Crippen LogP contribution is -2.16. The predicted octanol–water partition coefficient (Wildman–Crippen LogP) is 2.83. The number of benzene rings is 1. The summed E-state index contributed by atoms with van der Waals surface area (Å²) in [4.78, 5) is 10.9. The molecule has 1 amide bonds. The van der Waals surface area contributed by atoms with E-state index in [9.17, 15) is 22.4 Å². The highest BCUT2D eigenvalue weighted by atomic mass is 19.4. The number of nitrogens with one attached hydrogen (secondary N) is 1. The number of rotatable bonds is 5. The first-order valence-electron chi connectivity index (χ1n) is 5.85. The number of allylic oxidation sites excluding steroid dienone is 1. The van der Waals surface area contributed by atoms with Crippen LogP contribution >= 0.6 is 0 Å². The molecule has 0 aromatic heterocycles. The van der Waals surface area contributed by atoms with Crippen LogP contribution in [-0.2, 0) is 0 Å². The van der Waals surface area contributed by atoms with E-state index in [0.29, 0.717) is 6.54 Å². The van der Waals surface area contributed by atoms with Crippen LogP contribution in [0.15, 0.2) is 24.3 Å². The topological polar surface area (TPSA) is 55.1 Å². The lowest BCUT2D eigenvalue weighted by Gasteiger charge is -2.12. The SMILES string of the molecule is CCN/C(=C\CC(F)(F)F)c1ccc(C(N)=O)cc1F. The number of amides is 1. The molecule has 110 valence electrons. The van der Waals surface area contributed by atoms with Crippen LogP contribution in [0.25, 0.3) is 5.70 Å². The fourth-order valence-electron chi connectivity index (χ4n) is 1.57. The van der Waals surface area contributed by atoms with Gasteiger partial charge in [0, 0.05) is 23.4 Å². The molecule has 0 saturated heterocycles. The van der Waals surface area contributed by atoms with E-state index in [-0.39, 0.29) is 16.8 Å². The highest BCUT2D eigenvalue weighted by Crippen LogP contribution is 2.24. The van der Waals surface area contributed by atoms with E-state index in [1.165, 1.54) is 12.1 Å². The number of hydrogen-bond acceptors (Lipinski definition) is 2. The number of nitrogens with two attached hydrogens (primary N) is 1. The molecule has 3 nitrogen and oxygen atoms in total. The van der Waals surface area contributed by atoms with Crippen molar-refractivity contribution in [2.45, 2.75) is 19.5 Å². The summed E-state index contributed by atoms with van der Waals surface area (Å²) in [6.45, 7) is 2.01. The molecule has 20 heavy (non-hydrogen) atoms. The van der Waals surface area contributed by atoms with Crippen molar-refractivity contribution < 1.29 is 22.4 Å². The van der Waals surface area contributed by atoms with Crippen LogP contribution < -0.4 is 11.1 Å². The van der Waals surface area contributed by atoms with E-state index >= 15 is 0 Å². The van der Waals surface area contributed by atoms with Gasteiger partial charge in [0.25, 0.3) is 0 Å². The summed E-state index contributed by atoms with van der Waals surface area (Å²) in [5.41, 5.74) is 4.94. The van der Waals surface area contributed by atoms with Crippen LogP contribution in [0.5, 0.6) is 0 Å². The molecule has 0 bridgehead atoms. The highest BCUT2D eigenvalue weighted by Gasteiger charge is 2.25. The fraction of sp³-hybridized carbons (Fsp3) is 0.308. The first kappa shape index (κ1) is 16.0. The number of halogens is 4. The Morgan fingerprint density at radius 1 is 1.40 bits per heavy atom. The minimum absolute atomic E-state index is 0.0262. The van der Waals surface area contributed by atoms with Gasteiger partial charge in [0.2, 0.25) is 5.91 Å². The minimum atomic E-state index is -4.37. The van der Waals surface area contributed by atoms with Crippen molar-refractivity contribution in [3.05, 3.63) is 41.2 Å². The van der Waals surface area contributed by atoms with Gasteiger partial charge >= 0.3 is 6.18 Å². The molecule has 0 radical (unpaired) electrons. The van der Waals surface area contributed by atoms with Gasteiger partial charge in [0.1, 0.15) is 5.82 Å². The van der Waals surface area contributed by atoms with Crippen molar-refractivity contribution in [3.8, 4) is 0 Å². The van der Waals surface area contributed by atoms with E-state index in [4.69, 9.17) is 5.73 Å². The molecule has 0 atom stereocenters. The largest absolute Gasteiger partial charge is 0.392 e. The average molecular weight is 290 g/mol. The van der Waals surface area contributed by atoms with Crippen molar-refractivity contribution in [3.63, 3.8) is 0 Å². The number of carbonyl (C=O) groups excluding carboxylic acids is 1. The molecule has 1 aromatic carbocycles. The van der Waals surface area contributed by atoms with Gasteiger partial charge in [-0.15, -0.1) is 0 Å². The fourth-order valence-corrected chi connectivity index (χ4v) is 1.57. The van der Waals surface area contributed by atoms with E-state index in [1.54, 1.807) is 6.92 Å². The lowest BCUT2D eigenvalue weighted by atomic mass is 10.1. The Labute approximate surface area is 113 Å². The Bertz CT molecular complexity index is 524. The van der Waals surface area contributed by atoms with E-state index in [1.807, 2.05) is 0 Å². The van der Waals surface area contributed by atoms with Gasteiger partial charge in [-0.2, -0.15) is 13.2 Å². The zero-order valence-corrected chi connectivity index (χ0v) is 10.7. The second kappa shape index (κ2) is 6.40. The maximum atomic E-state index is 13.8. The minimum Gasteiger partial charge on any atom is -0.385 e. The zero-order valence-electron chi connectivity index (χ0n) is 10.7. The smallest absolute Gasteiger partial charge is 0.385 e. The summed E-state index contributed by atoms with van der Waals surface area (Å²) in [5, 5.41) is 2.67. The molecule has 0 saturated carbocycles. The Morgan fingerprint density at radius 3 is 2.50 bits per heavy atom. The monoisotopic (exact) mass is 290 g/mol.